The molecule has 1 saturated heterocycles. The van der Waals surface area contributed by atoms with E-state index in [9.17, 15) is 9.59 Å². The van der Waals surface area contributed by atoms with Gasteiger partial charge in [0.25, 0.3) is 0 Å². The second kappa shape index (κ2) is 8.52. The molecular weight excluding hydrogens is 390 g/mol. The molecule has 8 nitrogen and oxygen atoms in total. The van der Waals surface area contributed by atoms with Crippen LogP contribution in [-0.2, 0) is 16.0 Å². The van der Waals surface area contributed by atoms with E-state index in [1.165, 1.54) is 11.3 Å². The summed E-state index contributed by atoms with van der Waals surface area (Å²) in [6.45, 7) is 2.85. The summed E-state index contributed by atoms with van der Waals surface area (Å²) in [6, 6.07) is 9.60. The highest BCUT2D eigenvalue weighted by Crippen LogP contribution is 2.24. The molecule has 1 aliphatic rings. The SMILES string of the molecule is Cc1oc(-c2ccccc2)nc1CC(=O)N1CCC[C@@H](C(=O)Nc2nncs2)C1. The van der Waals surface area contributed by atoms with Crippen LogP contribution >= 0.6 is 11.3 Å². The van der Waals surface area contributed by atoms with Gasteiger partial charge in [-0.25, -0.2) is 4.98 Å². The Hall–Kier alpha value is -3.07. The van der Waals surface area contributed by atoms with Crippen molar-refractivity contribution in [2.75, 3.05) is 18.4 Å². The minimum Gasteiger partial charge on any atom is -0.441 e. The highest BCUT2D eigenvalue weighted by molar-refractivity contribution is 7.13. The summed E-state index contributed by atoms with van der Waals surface area (Å²) < 4.78 is 5.75. The third-order valence-corrected chi connectivity index (χ3v) is 5.57. The van der Waals surface area contributed by atoms with Crippen LogP contribution in [0, 0.1) is 12.8 Å². The lowest BCUT2D eigenvalue weighted by Crippen LogP contribution is -2.44. The normalized spacial score (nSPS) is 16.6. The second-order valence-electron chi connectivity index (χ2n) is 6.98. The summed E-state index contributed by atoms with van der Waals surface area (Å²) in [5.41, 5.74) is 3.07. The van der Waals surface area contributed by atoms with Crippen LogP contribution in [0.25, 0.3) is 11.5 Å². The van der Waals surface area contributed by atoms with Crippen LogP contribution in [0.3, 0.4) is 0 Å². The van der Waals surface area contributed by atoms with Gasteiger partial charge in [-0.05, 0) is 31.9 Å². The quantitative estimate of drug-likeness (QED) is 0.693. The number of hydrogen-bond acceptors (Lipinski definition) is 7. The average molecular weight is 411 g/mol. The number of aromatic nitrogens is 3. The molecule has 0 radical (unpaired) electrons. The monoisotopic (exact) mass is 411 g/mol. The molecule has 2 amide bonds. The average Bonchev–Trinajstić information content (AvgIpc) is 3.38. The Kier molecular flexibility index (Phi) is 5.66. The topological polar surface area (TPSA) is 101 Å². The van der Waals surface area contributed by atoms with Crippen molar-refractivity contribution < 1.29 is 14.0 Å². The lowest BCUT2D eigenvalue weighted by molar-refractivity contribution is -0.134. The van der Waals surface area contributed by atoms with Gasteiger partial charge in [-0.2, -0.15) is 0 Å². The fourth-order valence-electron chi connectivity index (χ4n) is 3.40. The summed E-state index contributed by atoms with van der Waals surface area (Å²) in [4.78, 5) is 31.6. The molecule has 0 aliphatic carbocycles. The minimum atomic E-state index is -0.255. The van der Waals surface area contributed by atoms with E-state index in [0.29, 0.717) is 35.6 Å². The molecule has 0 unspecified atom stereocenters. The van der Waals surface area contributed by atoms with Gasteiger partial charge in [0.2, 0.25) is 22.8 Å². The number of carbonyl (C=O) groups is 2. The first-order valence-electron chi connectivity index (χ1n) is 9.46. The van der Waals surface area contributed by atoms with Gasteiger partial charge in [-0.3, -0.25) is 9.59 Å². The zero-order valence-corrected chi connectivity index (χ0v) is 16.8. The molecule has 1 aliphatic heterocycles. The molecule has 1 aromatic carbocycles. The van der Waals surface area contributed by atoms with E-state index in [2.05, 4.69) is 20.5 Å². The number of carbonyl (C=O) groups excluding carboxylic acids is 2. The van der Waals surface area contributed by atoms with Crippen molar-refractivity contribution >= 4 is 28.3 Å². The van der Waals surface area contributed by atoms with Crippen LogP contribution in [0.4, 0.5) is 5.13 Å². The summed E-state index contributed by atoms with van der Waals surface area (Å²) in [7, 11) is 0. The van der Waals surface area contributed by atoms with E-state index in [0.717, 1.165) is 18.4 Å². The number of oxazole rings is 1. The number of nitrogens with one attached hydrogen (secondary N) is 1. The lowest BCUT2D eigenvalue weighted by Gasteiger charge is -2.31. The zero-order valence-electron chi connectivity index (χ0n) is 16.0. The first-order valence-corrected chi connectivity index (χ1v) is 10.3. The maximum absolute atomic E-state index is 12.8. The summed E-state index contributed by atoms with van der Waals surface area (Å²) in [5.74, 6) is 0.728. The van der Waals surface area contributed by atoms with Crippen molar-refractivity contribution in [3.63, 3.8) is 0 Å². The second-order valence-corrected chi connectivity index (χ2v) is 7.81. The fraction of sp³-hybridized carbons (Fsp3) is 0.350. The van der Waals surface area contributed by atoms with Crippen molar-refractivity contribution in [3.05, 3.63) is 47.3 Å². The van der Waals surface area contributed by atoms with E-state index in [-0.39, 0.29) is 24.2 Å². The number of aryl methyl sites for hydroxylation is 1. The highest BCUT2D eigenvalue weighted by Gasteiger charge is 2.29. The zero-order chi connectivity index (χ0) is 20.2. The number of benzene rings is 1. The largest absolute Gasteiger partial charge is 0.441 e. The van der Waals surface area contributed by atoms with Crippen molar-refractivity contribution in [3.8, 4) is 11.5 Å². The molecular formula is C20H21N5O3S. The van der Waals surface area contributed by atoms with Crippen LogP contribution in [-0.4, -0.2) is 45.0 Å². The predicted molar refractivity (Wildman–Crippen MR) is 108 cm³/mol. The van der Waals surface area contributed by atoms with Crippen LogP contribution in [0.1, 0.15) is 24.3 Å². The third-order valence-electron chi connectivity index (χ3n) is 4.97. The molecule has 1 N–H and O–H groups in total. The van der Waals surface area contributed by atoms with Crippen molar-refractivity contribution in [2.45, 2.75) is 26.2 Å². The summed E-state index contributed by atoms with van der Waals surface area (Å²) >= 11 is 1.27. The Balaban J connectivity index is 1.39. The Morgan fingerprint density at radius 1 is 1.31 bits per heavy atom. The van der Waals surface area contributed by atoms with Crippen molar-refractivity contribution in [1.82, 2.24) is 20.1 Å². The molecule has 0 bridgehead atoms. The number of anilines is 1. The molecule has 1 fully saturated rings. The van der Waals surface area contributed by atoms with Gasteiger partial charge >= 0.3 is 0 Å². The van der Waals surface area contributed by atoms with Gasteiger partial charge < -0.3 is 14.6 Å². The number of hydrogen-bond donors (Lipinski definition) is 1. The Labute approximate surface area is 172 Å². The maximum Gasteiger partial charge on any atom is 0.231 e. The highest BCUT2D eigenvalue weighted by atomic mass is 32.1. The van der Waals surface area contributed by atoms with E-state index in [1.807, 2.05) is 37.3 Å². The molecule has 3 heterocycles. The van der Waals surface area contributed by atoms with Crippen LogP contribution in [0.5, 0.6) is 0 Å². The van der Waals surface area contributed by atoms with Gasteiger partial charge in [0.15, 0.2) is 0 Å². The Morgan fingerprint density at radius 2 is 2.14 bits per heavy atom. The third kappa shape index (κ3) is 4.51. The van der Waals surface area contributed by atoms with E-state index in [4.69, 9.17) is 4.42 Å². The smallest absolute Gasteiger partial charge is 0.231 e. The summed E-state index contributed by atoms with van der Waals surface area (Å²) in [6.07, 6.45) is 1.69. The summed E-state index contributed by atoms with van der Waals surface area (Å²) in [5, 5.41) is 10.8. The van der Waals surface area contributed by atoms with Gasteiger partial charge in [0.1, 0.15) is 11.3 Å². The van der Waals surface area contributed by atoms with Gasteiger partial charge in [0.05, 0.1) is 18.0 Å². The number of rotatable bonds is 5. The molecule has 0 spiro atoms. The van der Waals surface area contributed by atoms with E-state index >= 15 is 0 Å². The number of piperidine rings is 1. The molecule has 4 rings (SSSR count). The van der Waals surface area contributed by atoms with Crippen molar-refractivity contribution in [1.29, 1.82) is 0 Å². The molecule has 29 heavy (non-hydrogen) atoms. The molecule has 1 atom stereocenters. The van der Waals surface area contributed by atoms with Gasteiger partial charge in [-0.15, -0.1) is 10.2 Å². The van der Waals surface area contributed by atoms with Gasteiger partial charge in [0, 0.05) is 18.7 Å². The number of likely N-dealkylation sites (tertiary alicyclic amines) is 1. The Morgan fingerprint density at radius 3 is 2.90 bits per heavy atom. The van der Waals surface area contributed by atoms with Gasteiger partial charge in [-0.1, -0.05) is 29.5 Å². The predicted octanol–water partition coefficient (Wildman–Crippen LogP) is 2.92. The minimum absolute atomic E-state index is 0.0468. The van der Waals surface area contributed by atoms with E-state index in [1.54, 1.807) is 10.4 Å². The molecule has 150 valence electrons. The van der Waals surface area contributed by atoms with Crippen LogP contribution in [0.15, 0.2) is 40.3 Å². The molecule has 9 heteroatoms. The molecule has 2 aromatic heterocycles. The lowest BCUT2D eigenvalue weighted by atomic mass is 9.97. The standard InChI is InChI=1S/C20H21N5O3S/c1-13-16(22-19(28-13)14-6-3-2-4-7-14)10-17(26)25-9-5-8-15(11-25)18(27)23-20-24-21-12-29-20/h2-4,6-7,12,15H,5,8-11H2,1H3,(H,23,24,27)/t15-/m1/s1. The van der Waals surface area contributed by atoms with Crippen molar-refractivity contribution in [2.24, 2.45) is 5.92 Å². The first kappa shape index (κ1) is 19.3. The number of amides is 2. The maximum atomic E-state index is 12.8. The Bertz CT molecular complexity index is 987. The fourth-order valence-corrected chi connectivity index (χ4v) is 3.85. The molecule has 3 aromatic rings. The van der Waals surface area contributed by atoms with Crippen LogP contribution < -0.4 is 5.32 Å². The number of nitrogens with zero attached hydrogens (tertiary/aromatic N) is 4. The first-order chi connectivity index (χ1) is 14.1. The van der Waals surface area contributed by atoms with E-state index < -0.39 is 0 Å². The van der Waals surface area contributed by atoms with Crippen LogP contribution in [0.2, 0.25) is 0 Å². The molecule has 0 saturated carbocycles.